The van der Waals surface area contributed by atoms with E-state index in [4.69, 9.17) is 10.5 Å². The molecule has 1 atom stereocenters. The molecule has 19 heavy (non-hydrogen) atoms. The van der Waals surface area contributed by atoms with Crippen molar-refractivity contribution >= 4 is 5.91 Å². The van der Waals surface area contributed by atoms with Crippen LogP contribution < -0.4 is 11.1 Å². The van der Waals surface area contributed by atoms with Crippen molar-refractivity contribution < 1.29 is 9.53 Å². The molecule has 0 spiro atoms. The minimum absolute atomic E-state index is 0.0176. The first-order valence-electron chi connectivity index (χ1n) is 6.84. The molecule has 1 unspecified atom stereocenters. The summed E-state index contributed by atoms with van der Waals surface area (Å²) >= 11 is 0. The highest BCUT2D eigenvalue weighted by atomic mass is 16.5. The second-order valence-electron chi connectivity index (χ2n) is 5.22. The summed E-state index contributed by atoms with van der Waals surface area (Å²) in [5.74, 6) is -0.0176. The number of ether oxygens (including phenoxy) is 1. The van der Waals surface area contributed by atoms with Crippen LogP contribution in [0.1, 0.15) is 30.9 Å². The van der Waals surface area contributed by atoms with Crippen LogP contribution >= 0.6 is 0 Å². The largest absolute Gasteiger partial charge is 0.365 e. The Labute approximate surface area is 114 Å². The highest BCUT2D eigenvalue weighted by molar-refractivity contribution is 5.84. The van der Waals surface area contributed by atoms with Gasteiger partial charge in [-0.05, 0) is 43.9 Å². The lowest BCUT2D eigenvalue weighted by atomic mass is 10.0. The lowest BCUT2D eigenvalue weighted by Gasteiger charge is -2.21. The molecule has 1 aromatic carbocycles. The van der Waals surface area contributed by atoms with Crippen molar-refractivity contribution in [1.29, 1.82) is 0 Å². The van der Waals surface area contributed by atoms with Gasteiger partial charge in [-0.2, -0.15) is 0 Å². The predicted octanol–water partition coefficient (Wildman–Crippen LogP) is 1.37. The van der Waals surface area contributed by atoms with Gasteiger partial charge in [0.1, 0.15) is 5.60 Å². The van der Waals surface area contributed by atoms with Crippen LogP contribution in [-0.4, -0.2) is 24.7 Å². The van der Waals surface area contributed by atoms with Gasteiger partial charge >= 0.3 is 0 Å². The molecule has 1 aliphatic heterocycles. The third-order valence-electron chi connectivity index (χ3n) is 3.61. The number of amides is 1. The van der Waals surface area contributed by atoms with E-state index < -0.39 is 5.60 Å². The van der Waals surface area contributed by atoms with Crippen molar-refractivity contribution in [3.63, 3.8) is 0 Å². The summed E-state index contributed by atoms with van der Waals surface area (Å²) in [6.45, 7) is 3.74. The highest BCUT2D eigenvalue weighted by Gasteiger charge is 2.37. The van der Waals surface area contributed by atoms with E-state index in [0.29, 0.717) is 19.7 Å². The number of nitrogens with two attached hydrogens (primary N) is 1. The van der Waals surface area contributed by atoms with Gasteiger partial charge in [-0.15, -0.1) is 0 Å². The normalized spacial score (nSPS) is 22.4. The van der Waals surface area contributed by atoms with Gasteiger partial charge in [-0.1, -0.05) is 24.3 Å². The maximum Gasteiger partial charge on any atom is 0.252 e. The predicted molar refractivity (Wildman–Crippen MR) is 74.6 cm³/mol. The Bertz CT molecular complexity index is 422. The van der Waals surface area contributed by atoms with Crippen molar-refractivity contribution in [1.82, 2.24) is 5.32 Å². The van der Waals surface area contributed by atoms with E-state index in [1.165, 1.54) is 5.56 Å². The first kappa shape index (κ1) is 14.0. The van der Waals surface area contributed by atoms with E-state index in [1.54, 1.807) is 0 Å². The zero-order valence-electron chi connectivity index (χ0n) is 11.4. The standard InChI is InChI=1S/C15H22N2O2/c1-15(8-2-10-19-15)14(18)17-11-13-5-3-12(4-6-13)7-9-16/h3-6H,2,7-11,16H2,1H3,(H,17,18). The van der Waals surface area contributed by atoms with Crippen LogP contribution in [-0.2, 0) is 22.5 Å². The van der Waals surface area contributed by atoms with Gasteiger partial charge in [0.15, 0.2) is 0 Å². The SMILES string of the molecule is CC1(C(=O)NCc2ccc(CCN)cc2)CCCO1. The van der Waals surface area contributed by atoms with E-state index in [9.17, 15) is 4.79 Å². The zero-order chi connectivity index (χ0) is 13.7. The molecule has 3 N–H and O–H groups in total. The van der Waals surface area contributed by atoms with Crippen LogP contribution in [0.5, 0.6) is 0 Å². The summed E-state index contributed by atoms with van der Waals surface area (Å²) in [4.78, 5) is 12.1. The molecule has 1 amide bonds. The summed E-state index contributed by atoms with van der Waals surface area (Å²) in [5.41, 5.74) is 7.19. The molecule has 104 valence electrons. The number of rotatable bonds is 5. The summed E-state index contributed by atoms with van der Waals surface area (Å²) in [5, 5.41) is 2.94. The Morgan fingerprint density at radius 3 is 2.63 bits per heavy atom. The maximum absolute atomic E-state index is 12.1. The fourth-order valence-electron chi connectivity index (χ4n) is 2.32. The van der Waals surface area contributed by atoms with Crippen LogP contribution in [0, 0.1) is 0 Å². The van der Waals surface area contributed by atoms with Crippen molar-refractivity contribution in [2.75, 3.05) is 13.2 Å². The van der Waals surface area contributed by atoms with Gasteiger partial charge in [0.25, 0.3) is 5.91 Å². The summed E-state index contributed by atoms with van der Waals surface area (Å²) in [7, 11) is 0. The smallest absolute Gasteiger partial charge is 0.252 e. The van der Waals surface area contributed by atoms with Crippen molar-refractivity contribution in [3.05, 3.63) is 35.4 Å². The average molecular weight is 262 g/mol. The van der Waals surface area contributed by atoms with Crippen LogP contribution in [0.15, 0.2) is 24.3 Å². The molecule has 1 saturated heterocycles. The van der Waals surface area contributed by atoms with E-state index in [2.05, 4.69) is 17.4 Å². The molecule has 4 heteroatoms. The van der Waals surface area contributed by atoms with Crippen molar-refractivity contribution in [2.45, 2.75) is 38.3 Å². The quantitative estimate of drug-likeness (QED) is 0.842. The Morgan fingerprint density at radius 1 is 1.37 bits per heavy atom. The van der Waals surface area contributed by atoms with Gasteiger partial charge in [0, 0.05) is 13.2 Å². The van der Waals surface area contributed by atoms with E-state index in [-0.39, 0.29) is 5.91 Å². The Balaban J connectivity index is 1.86. The van der Waals surface area contributed by atoms with E-state index >= 15 is 0 Å². The molecule has 1 aliphatic rings. The monoisotopic (exact) mass is 262 g/mol. The molecule has 1 heterocycles. The lowest BCUT2D eigenvalue weighted by molar-refractivity contribution is -0.139. The summed E-state index contributed by atoms with van der Waals surface area (Å²) in [6.07, 6.45) is 2.64. The van der Waals surface area contributed by atoms with Crippen LogP contribution in [0.2, 0.25) is 0 Å². The lowest BCUT2D eigenvalue weighted by Crippen LogP contribution is -2.43. The van der Waals surface area contributed by atoms with Crippen molar-refractivity contribution in [2.24, 2.45) is 5.73 Å². The second kappa shape index (κ2) is 6.17. The first-order chi connectivity index (χ1) is 9.14. The zero-order valence-corrected chi connectivity index (χ0v) is 11.4. The number of carbonyl (C=O) groups excluding carboxylic acids is 1. The number of hydrogen-bond donors (Lipinski definition) is 2. The Morgan fingerprint density at radius 2 is 2.05 bits per heavy atom. The molecular formula is C15H22N2O2. The number of benzene rings is 1. The van der Waals surface area contributed by atoms with E-state index in [1.807, 2.05) is 19.1 Å². The van der Waals surface area contributed by atoms with Crippen LogP contribution in [0.3, 0.4) is 0 Å². The molecular weight excluding hydrogens is 240 g/mol. The van der Waals surface area contributed by atoms with Gasteiger partial charge in [0.2, 0.25) is 0 Å². The Hall–Kier alpha value is -1.39. The molecule has 0 radical (unpaired) electrons. The average Bonchev–Trinajstić information content (AvgIpc) is 2.86. The molecule has 0 saturated carbocycles. The summed E-state index contributed by atoms with van der Waals surface area (Å²) < 4.78 is 5.52. The molecule has 4 nitrogen and oxygen atoms in total. The first-order valence-corrected chi connectivity index (χ1v) is 6.84. The minimum Gasteiger partial charge on any atom is -0.365 e. The summed E-state index contributed by atoms with van der Waals surface area (Å²) in [6, 6.07) is 8.18. The molecule has 0 aliphatic carbocycles. The van der Waals surface area contributed by atoms with Crippen LogP contribution in [0.25, 0.3) is 0 Å². The fraction of sp³-hybridized carbons (Fsp3) is 0.533. The number of hydrogen-bond acceptors (Lipinski definition) is 3. The topological polar surface area (TPSA) is 64.4 Å². The maximum atomic E-state index is 12.1. The van der Waals surface area contributed by atoms with Gasteiger partial charge in [0.05, 0.1) is 0 Å². The Kier molecular flexibility index (Phi) is 4.56. The van der Waals surface area contributed by atoms with E-state index in [0.717, 1.165) is 24.8 Å². The fourth-order valence-corrected chi connectivity index (χ4v) is 2.32. The molecule has 0 aromatic heterocycles. The van der Waals surface area contributed by atoms with Gasteiger partial charge in [-0.3, -0.25) is 4.79 Å². The number of nitrogens with one attached hydrogen (secondary N) is 1. The molecule has 0 bridgehead atoms. The highest BCUT2D eigenvalue weighted by Crippen LogP contribution is 2.25. The minimum atomic E-state index is -0.639. The molecule has 1 aromatic rings. The third-order valence-corrected chi connectivity index (χ3v) is 3.61. The van der Waals surface area contributed by atoms with Crippen molar-refractivity contribution in [3.8, 4) is 0 Å². The molecule has 2 rings (SSSR count). The number of carbonyl (C=O) groups is 1. The van der Waals surface area contributed by atoms with Crippen LogP contribution in [0.4, 0.5) is 0 Å². The molecule has 1 fully saturated rings. The second-order valence-corrected chi connectivity index (χ2v) is 5.22. The van der Waals surface area contributed by atoms with Gasteiger partial charge < -0.3 is 15.8 Å². The van der Waals surface area contributed by atoms with Gasteiger partial charge in [-0.25, -0.2) is 0 Å². The third kappa shape index (κ3) is 3.55.